The molecule has 0 aromatic rings. The number of esters is 1. The Balaban J connectivity index is 1.70. The van der Waals surface area contributed by atoms with Gasteiger partial charge in [0.25, 0.3) is 0 Å². The fourth-order valence-corrected chi connectivity index (χ4v) is 8.76. The summed E-state index contributed by atoms with van der Waals surface area (Å²) in [6.07, 6.45) is 10.1. The second kappa shape index (κ2) is 9.13. The van der Waals surface area contributed by atoms with Crippen molar-refractivity contribution in [1.29, 1.82) is 0 Å². The van der Waals surface area contributed by atoms with Crippen LogP contribution in [-0.4, -0.2) is 39.8 Å². The van der Waals surface area contributed by atoms with Gasteiger partial charge in [-0.25, -0.2) is 0 Å². The van der Waals surface area contributed by atoms with Crippen molar-refractivity contribution in [1.82, 2.24) is 0 Å². The normalized spacial score (nSPS) is 46.7. The molecule has 2 N–H and O–H groups in total. The van der Waals surface area contributed by atoms with Crippen molar-refractivity contribution in [3.63, 3.8) is 0 Å². The molecular formula is C30H46O5. The molecule has 0 aliphatic heterocycles. The van der Waals surface area contributed by atoms with Crippen LogP contribution in [0.15, 0.2) is 24.3 Å². The van der Waals surface area contributed by atoms with Gasteiger partial charge in [-0.05, 0) is 86.0 Å². The van der Waals surface area contributed by atoms with Crippen molar-refractivity contribution in [3.05, 3.63) is 24.3 Å². The summed E-state index contributed by atoms with van der Waals surface area (Å²) in [5, 5.41) is 23.6. The first kappa shape index (κ1) is 26.6. The van der Waals surface area contributed by atoms with Gasteiger partial charge in [0, 0.05) is 12.8 Å². The van der Waals surface area contributed by atoms with E-state index in [2.05, 4.69) is 46.8 Å². The molecule has 0 aromatic carbocycles. The van der Waals surface area contributed by atoms with Crippen molar-refractivity contribution >= 4 is 11.8 Å². The van der Waals surface area contributed by atoms with Crippen LogP contribution in [0.2, 0.25) is 0 Å². The standard InChI is InChI=1S/C30H46O5/c1-17(2)18(3)10-11-19(4)22-12-13-23-21-15-26(35-20(5)31)30(34)14-8-9-25(33)29(30,7)27(21)24(32)16-28(22,23)6/h8-11,17-19,21-24,26-27,32,34H,12-16H2,1-7H3/t18-,19+,21-,22+,23-,24+,26+,27+,28+,29+,30-/m0/s1. The lowest BCUT2D eigenvalue weighted by Crippen LogP contribution is -2.72. The summed E-state index contributed by atoms with van der Waals surface area (Å²) in [5.41, 5.74) is -2.74. The molecule has 4 aliphatic carbocycles. The number of ketones is 1. The van der Waals surface area contributed by atoms with Crippen LogP contribution < -0.4 is 0 Å². The number of hydrogen-bond donors (Lipinski definition) is 2. The number of hydrogen-bond acceptors (Lipinski definition) is 5. The maximum Gasteiger partial charge on any atom is 0.303 e. The predicted molar refractivity (Wildman–Crippen MR) is 136 cm³/mol. The molecule has 196 valence electrons. The van der Waals surface area contributed by atoms with Gasteiger partial charge >= 0.3 is 5.97 Å². The quantitative estimate of drug-likeness (QED) is 0.417. The minimum atomic E-state index is -1.50. The second-order valence-corrected chi connectivity index (χ2v) is 13.0. The van der Waals surface area contributed by atoms with Crippen LogP contribution in [0.25, 0.3) is 0 Å². The molecule has 0 saturated heterocycles. The number of aliphatic hydroxyl groups excluding tert-OH is 1. The SMILES string of the molecule is CC(=O)O[C@@H]1C[C@@H]2[C@H]([C@H](O)C[C@]3(C)[C@@H]([C@H](C)C=C[C@H](C)C(C)C)CC[C@@H]23)[C@@]2(C)C(=O)C=CC[C@]12O. The summed E-state index contributed by atoms with van der Waals surface area (Å²) in [4.78, 5) is 25.5. The zero-order chi connectivity index (χ0) is 25.9. The zero-order valence-corrected chi connectivity index (χ0v) is 22.7. The van der Waals surface area contributed by atoms with Crippen molar-refractivity contribution in [2.75, 3.05) is 0 Å². The van der Waals surface area contributed by atoms with Crippen molar-refractivity contribution in [2.24, 2.45) is 52.3 Å². The van der Waals surface area contributed by atoms with E-state index in [0.29, 0.717) is 42.4 Å². The minimum Gasteiger partial charge on any atom is -0.459 e. The molecule has 35 heavy (non-hydrogen) atoms. The lowest BCUT2D eigenvalue weighted by atomic mass is 9.42. The van der Waals surface area contributed by atoms with E-state index in [1.54, 1.807) is 12.2 Å². The number of carbonyl (C=O) groups excluding carboxylic acids is 2. The highest BCUT2D eigenvalue weighted by Gasteiger charge is 2.71. The molecule has 0 bridgehead atoms. The Kier molecular flexibility index (Phi) is 6.94. The highest BCUT2D eigenvalue weighted by molar-refractivity contribution is 5.97. The second-order valence-electron chi connectivity index (χ2n) is 13.0. The fraction of sp³-hybridized carbons (Fsp3) is 0.800. The third kappa shape index (κ3) is 3.96. The van der Waals surface area contributed by atoms with Crippen LogP contribution in [0.3, 0.4) is 0 Å². The molecule has 11 atom stereocenters. The molecule has 4 aliphatic rings. The third-order valence-corrected chi connectivity index (χ3v) is 11.0. The van der Waals surface area contributed by atoms with Gasteiger partial charge in [-0.2, -0.15) is 0 Å². The van der Waals surface area contributed by atoms with Gasteiger partial charge in [-0.1, -0.05) is 52.8 Å². The molecule has 3 fully saturated rings. The van der Waals surface area contributed by atoms with Gasteiger partial charge in [0.2, 0.25) is 0 Å². The molecule has 0 amide bonds. The van der Waals surface area contributed by atoms with Gasteiger partial charge in [-0.15, -0.1) is 0 Å². The average Bonchev–Trinajstić information content (AvgIpc) is 3.10. The van der Waals surface area contributed by atoms with Gasteiger partial charge < -0.3 is 14.9 Å². The lowest BCUT2D eigenvalue weighted by molar-refractivity contribution is -0.256. The summed E-state index contributed by atoms with van der Waals surface area (Å²) >= 11 is 0. The smallest absolute Gasteiger partial charge is 0.303 e. The van der Waals surface area contributed by atoms with E-state index in [1.165, 1.54) is 6.92 Å². The van der Waals surface area contributed by atoms with Crippen molar-refractivity contribution in [3.8, 4) is 0 Å². The van der Waals surface area contributed by atoms with Gasteiger partial charge in [0.05, 0.1) is 11.5 Å². The van der Waals surface area contributed by atoms with Crippen LogP contribution >= 0.6 is 0 Å². The largest absolute Gasteiger partial charge is 0.459 e. The highest BCUT2D eigenvalue weighted by Crippen LogP contribution is 2.68. The Morgan fingerprint density at radius 3 is 2.49 bits per heavy atom. The Hall–Kier alpha value is -1.46. The van der Waals surface area contributed by atoms with E-state index in [1.807, 2.05) is 6.92 Å². The highest BCUT2D eigenvalue weighted by atomic mass is 16.6. The van der Waals surface area contributed by atoms with Gasteiger partial charge in [0.15, 0.2) is 5.78 Å². The average molecular weight is 487 g/mol. The molecular weight excluding hydrogens is 440 g/mol. The van der Waals surface area contributed by atoms with E-state index >= 15 is 0 Å². The molecule has 0 spiro atoms. The molecule has 0 radical (unpaired) electrons. The lowest BCUT2D eigenvalue weighted by Gasteiger charge is -2.64. The predicted octanol–water partition coefficient (Wildman–Crippen LogP) is 5.10. The Morgan fingerprint density at radius 2 is 1.86 bits per heavy atom. The summed E-state index contributed by atoms with van der Waals surface area (Å²) < 4.78 is 5.74. The molecule has 3 saturated carbocycles. The van der Waals surface area contributed by atoms with Crippen molar-refractivity contribution < 1.29 is 24.5 Å². The molecule has 0 unspecified atom stereocenters. The van der Waals surface area contributed by atoms with E-state index < -0.39 is 29.2 Å². The number of fused-ring (bicyclic) bond motifs is 5. The summed E-state index contributed by atoms with van der Waals surface area (Å²) in [6, 6.07) is 0. The van der Waals surface area contributed by atoms with Crippen LogP contribution in [-0.2, 0) is 14.3 Å². The fourth-order valence-electron chi connectivity index (χ4n) is 8.76. The minimum absolute atomic E-state index is 0.0181. The number of allylic oxidation sites excluding steroid dienone is 3. The Labute approximate surface area is 211 Å². The first-order valence-corrected chi connectivity index (χ1v) is 13.7. The van der Waals surface area contributed by atoms with Crippen LogP contribution in [0, 0.1) is 52.3 Å². The van der Waals surface area contributed by atoms with Gasteiger partial charge in [-0.3, -0.25) is 9.59 Å². The maximum atomic E-state index is 13.4. The first-order valence-electron chi connectivity index (χ1n) is 13.7. The van der Waals surface area contributed by atoms with E-state index in [9.17, 15) is 19.8 Å². The van der Waals surface area contributed by atoms with E-state index in [4.69, 9.17) is 4.74 Å². The summed E-state index contributed by atoms with van der Waals surface area (Å²) in [6.45, 7) is 14.6. The maximum absolute atomic E-state index is 13.4. The molecule has 5 heteroatoms. The number of ether oxygens (including phenoxy) is 1. The number of rotatable bonds is 5. The van der Waals surface area contributed by atoms with Crippen LogP contribution in [0.1, 0.15) is 80.6 Å². The van der Waals surface area contributed by atoms with E-state index in [0.717, 1.165) is 12.8 Å². The molecule has 5 nitrogen and oxygen atoms in total. The van der Waals surface area contributed by atoms with E-state index in [-0.39, 0.29) is 29.5 Å². The Morgan fingerprint density at radius 1 is 1.17 bits per heavy atom. The summed E-state index contributed by atoms with van der Waals surface area (Å²) in [5.74, 6) is 1.36. The Bertz CT molecular complexity index is 906. The van der Waals surface area contributed by atoms with Crippen LogP contribution in [0.4, 0.5) is 0 Å². The van der Waals surface area contributed by atoms with Crippen molar-refractivity contribution in [2.45, 2.75) is 98.4 Å². The molecule has 0 heterocycles. The number of aliphatic hydroxyl groups is 2. The van der Waals surface area contributed by atoms with Crippen LogP contribution in [0.5, 0.6) is 0 Å². The number of carbonyl (C=O) groups is 2. The summed E-state index contributed by atoms with van der Waals surface area (Å²) in [7, 11) is 0. The first-order chi connectivity index (χ1) is 16.3. The molecule has 4 rings (SSSR count). The third-order valence-electron chi connectivity index (χ3n) is 11.0. The monoisotopic (exact) mass is 486 g/mol. The van der Waals surface area contributed by atoms with Gasteiger partial charge in [0.1, 0.15) is 11.7 Å². The topological polar surface area (TPSA) is 83.8 Å². The zero-order valence-electron chi connectivity index (χ0n) is 22.7. The molecule has 0 aromatic heterocycles.